The summed E-state index contributed by atoms with van der Waals surface area (Å²) >= 11 is 3.36. The number of pyridine rings is 1. The Bertz CT molecular complexity index is 669. The van der Waals surface area contributed by atoms with Gasteiger partial charge in [0.25, 0.3) is 0 Å². The molecule has 0 radical (unpaired) electrons. The molecule has 0 fully saturated rings. The Morgan fingerprint density at radius 3 is 2.47 bits per heavy atom. The number of hydrogen-bond donors (Lipinski definition) is 0. The highest BCUT2D eigenvalue weighted by Gasteiger charge is 2.08. The van der Waals surface area contributed by atoms with Crippen molar-refractivity contribution < 1.29 is 13.2 Å². The summed E-state index contributed by atoms with van der Waals surface area (Å²) in [6, 6.07) is 9.99. The van der Waals surface area contributed by atoms with Crippen molar-refractivity contribution in [1.82, 2.24) is 4.98 Å². The van der Waals surface area contributed by atoms with Gasteiger partial charge in [-0.25, -0.2) is 13.4 Å². The Morgan fingerprint density at radius 2 is 1.89 bits per heavy atom. The van der Waals surface area contributed by atoms with Crippen molar-refractivity contribution in [3.8, 4) is 11.6 Å². The summed E-state index contributed by atoms with van der Waals surface area (Å²) in [6.45, 7) is 0. The Labute approximate surface area is 120 Å². The summed E-state index contributed by atoms with van der Waals surface area (Å²) in [4.78, 5) is 4.41. The molecule has 2 rings (SSSR count). The first kappa shape index (κ1) is 14.0. The minimum absolute atomic E-state index is 0.265. The molecule has 0 bridgehead atoms. The zero-order valence-corrected chi connectivity index (χ0v) is 12.6. The van der Waals surface area contributed by atoms with Gasteiger partial charge in [0.1, 0.15) is 5.75 Å². The van der Waals surface area contributed by atoms with Crippen molar-refractivity contribution >= 4 is 25.8 Å². The smallest absolute Gasteiger partial charge is 0.223 e. The van der Waals surface area contributed by atoms with Crippen molar-refractivity contribution in [3.05, 3.63) is 48.2 Å². The molecule has 1 aromatic carbocycles. The van der Waals surface area contributed by atoms with Crippen LogP contribution in [0.4, 0.5) is 0 Å². The molecule has 0 N–H and O–H groups in total. The largest absolute Gasteiger partial charge is 0.439 e. The summed E-state index contributed by atoms with van der Waals surface area (Å²) in [5.74, 6) is 1.06. The van der Waals surface area contributed by atoms with E-state index in [9.17, 15) is 8.42 Å². The zero-order chi connectivity index (χ0) is 13.9. The van der Waals surface area contributed by atoms with Gasteiger partial charge >= 0.3 is 0 Å². The highest BCUT2D eigenvalue weighted by Crippen LogP contribution is 2.25. The highest BCUT2D eigenvalue weighted by atomic mass is 79.9. The summed E-state index contributed by atoms with van der Waals surface area (Å²) in [7, 11) is -3.18. The molecule has 0 aliphatic carbocycles. The quantitative estimate of drug-likeness (QED) is 0.801. The molecule has 2 aromatic rings. The predicted octanol–water partition coefficient (Wildman–Crippen LogP) is 3.17. The van der Waals surface area contributed by atoms with Crippen LogP contribution in [0, 0.1) is 0 Å². The fraction of sp³-hybridized carbons (Fsp3) is 0.154. The lowest BCUT2D eigenvalue weighted by Gasteiger charge is -2.08. The lowest BCUT2D eigenvalue weighted by Crippen LogP contribution is -1.97. The fourth-order valence-electron chi connectivity index (χ4n) is 1.48. The van der Waals surface area contributed by atoms with E-state index in [0.717, 1.165) is 5.56 Å². The van der Waals surface area contributed by atoms with Crippen molar-refractivity contribution in [3.63, 3.8) is 0 Å². The van der Waals surface area contributed by atoms with Crippen molar-refractivity contribution in [2.45, 2.75) is 10.2 Å². The van der Waals surface area contributed by atoms with Crippen LogP contribution in [0.3, 0.4) is 0 Å². The number of benzene rings is 1. The van der Waals surface area contributed by atoms with Gasteiger partial charge in [0.2, 0.25) is 5.88 Å². The summed E-state index contributed by atoms with van der Waals surface area (Å²) < 4.78 is 28.3. The van der Waals surface area contributed by atoms with Crippen molar-refractivity contribution in [1.29, 1.82) is 0 Å². The van der Waals surface area contributed by atoms with Gasteiger partial charge in [-0.1, -0.05) is 22.0 Å². The molecule has 0 atom stereocenters. The van der Waals surface area contributed by atoms with Crippen molar-refractivity contribution in [2.75, 3.05) is 6.26 Å². The van der Waals surface area contributed by atoms with Gasteiger partial charge in [-0.2, -0.15) is 0 Å². The molecule has 1 aromatic heterocycles. The Kier molecular flexibility index (Phi) is 4.21. The predicted molar refractivity (Wildman–Crippen MR) is 76.5 cm³/mol. The lowest BCUT2D eigenvalue weighted by molar-refractivity contribution is 0.458. The molecular weight excluding hydrogens is 330 g/mol. The maximum Gasteiger partial charge on any atom is 0.223 e. The first-order valence-electron chi connectivity index (χ1n) is 5.48. The molecule has 0 saturated heterocycles. The van der Waals surface area contributed by atoms with Gasteiger partial charge in [0.15, 0.2) is 9.84 Å². The Hall–Kier alpha value is -1.40. The Morgan fingerprint density at radius 1 is 1.21 bits per heavy atom. The second kappa shape index (κ2) is 5.71. The fourth-order valence-corrected chi connectivity index (χ4v) is 2.54. The first-order valence-corrected chi connectivity index (χ1v) is 8.50. The maximum absolute atomic E-state index is 11.3. The summed E-state index contributed by atoms with van der Waals surface area (Å²) in [6.07, 6.45) is 2.82. The maximum atomic E-state index is 11.3. The van der Waals surface area contributed by atoms with Crippen LogP contribution in [0.15, 0.2) is 47.5 Å². The van der Waals surface area contributed by atoms with Gasteiger partial charge in [-0.3, -0.25) is 0 Å². The van der Waals surface area contributed by atoms with E-state index in [-0.39, 0.29) is 4.90 Å². The van der Waals surface area contributed by atoms with Crippen LogP contribution in [0.25, 0.3) is 0 Å². The first-order chi connectivity index (χ1) is 9.00. The van der Waals surface area contributed by atoms with Crippen LogP contribution in [0.1, 0.15) is 5.56 Å². The molecule has 0 spiro atoms. The van der Waals surface area contributed by atoms with E-state index >= 15 is 0 Å². The van der Waals surface area contributed by atoms with Crippen LogP contribution in [-0.4, -0.2) is 19.7 Å². The molecule has 100 valence electrons. The van der Waals surface area contributed by atoms with E-state index in [4.69, 9.17) is 4.74 Å². The number of halogens is 1. The van der Waals surface area contributed by atoms with E-state index in [1.807, 2.05) is 12.1 Å². The number of aromatic nitrogens is 1. The average molecular weight is 342 g/mol. The molecule has 6 heteroatoms. The van der Waals surface area contributed by atoms with Crippen LogP contribution < -0.4 is 4.74 Å². The van der Waals surface area contributed by atoms with E-state index in [2.05, 4.69) is 20.9 Å². The van der Waals surface area contributed by atoms with Gasteiger partial charge in [-0.05, 0) is 30.3 Å². The molecule has 0 unspecified atom stereocenters. The lowest BCUT2D eigenvalue weighted by atomic mass is 10.3. The second-order valence-corrected chi connectivity index (χ2v) is 6.52. The molecule has 19 heavy (non-hydrogen) atoms. The Balaban J connectivity index is 2.25. The molecule has 0 aliphatic rings. The topological polar surface area (TPSA) is 56.3 Å². The van der Waals surface area contributed by atoms with E-state index < -0.39 is 9.84 Å². The van der Waals surface area contributed by atoms with Gasteiger partial charge < -0.3 is 4.74 Å². The molecular formula is C13H12BrNO3S. The van der Waals surface area contributed by atoms with Crippen LogP contribution in [0.5, 0.6) is 11.6 Å². The zero-order valence-electron chi connectivity index (χ0n) is 10.2. The van der Waals surface area contributed by atoms with E-state index in [1.54, 1.807) is 18.3 Å². The number of alkyl halides is 1. The van der Waals surface area contributed by atoms with Gasteiger partial charge in [-0.15, -0.1) is 0 Å². The third kappa shape index (κ3) is 3.54. The number of sulfone groups is 1. The van der Waals surface area contributed by atoms with Gasteiger partial charge in [0, 0.05) is 23.3 Å². The molecule has 0 saturated carbocycles. The minimum atomic E-state index is -3.18. The molecule has 1 heterocycles. The number of nitrogens with zero attached hydrogens (tertiary/aromatic N) is 1. The van der Waals surface area contributed by atoms with Crippen LogP contribution in [-0.2, 0) is 15.2 Å². The third-order valence-electron chi connectivity index (χ3n) is 2.46. The number of hydrogen-bond acceptors (Lipinski definition) is 4. The minimum Gasteiger partial charge on any atom is -0.439 e. The van der Waals surface area contributed by atoms with Crippen LogP contribution >= 0.6 is 15.9 Å². The van der Waals surface area contributed by atoms with Crippen LogP contribution in [0.2, 0.25) is 0 Å². The number of rotatable bonds is 4. The molecule has 0 amide bonds. The monoisotopic (exact) mass is 341 g/mol. The molecule has 4 nitrogen and oxygen atoms in total. The molecule has 0 aliphatic heterocycles. The summed E-state index contributed by atoms with van der Waals surface area (Å²) in [5, 5.41) is 0.637. The second-order valence-electron chi connectivity index (χ2n) is 3.95. The van der Waals surface area contributed by atoms with Crippen molar-refractivity contribution in [2.24, 2.45) is 0 Å². The van der Waals surface area contributed by atoms with E-state index in [0.29, 0.717) is 17.0 Å². The highest BCUT2D eigenvalue weighted by molar-refractivity contribution is 9.08. The SMILES string of the molecule is CS(=O)(=O)c1ccc(Oc2ncccc2CBr)cc1. The summed E-state index contributed by atoms with van der Waals surface area (Å²) in [5.41, 5.74) is 0.926. The standard InChI is InChI=1S/C13H12BrNO3S/c1-19(16,17)12-6-4-11(5-7-12)18-13-10(9-14)3-2-8-15-13/h2-8H,9H2,1H3. The third-order valence-corrected chi connectivity index (χ3v) is 4.19. The van der Waals surface area contributed by atoms with E-state index in [1.165, 1.54) is 18.4 Å². The average Bonchev–Trinajstić information content (AvgIpc) is 2.39. The normalized spacial score (nSPS) is 11.3. The number of ether oxygens (including phenoxy) is 1. The van der Waals surface area contributed by atoms with Gasteiger partial charge in [0.05, 0.1) is 4.90 Å².